The Hall–Kier alpha value is -2.88. The quantitative estimate of drug-likeness (QED) is 0.875. The van der Waals surface area contributed by atoms with Crippen LogP contribution < -0.4 is 5.32 Å². The summed E-state index contributed by atoms with van der Waals surface area (Å²) in [5.41, 5.74) is 3.98. The molecule has 0 bridgehead atoms. The molecule has 0 amide bonds. The summed E-state index contributed by atoms with van der Waals surface area (Å²) in [6.45, 7) is 0. The minimum Gasteiger partial charge on any atom is -0.469 e. The van der Waals surface area contributed by atoms with E-state index in [1.807, 2.05) is 30.3 Å². The third-order valence-electron chi connectivity index (χ3n) is 5.16. The third-order valence-corrected chi connectivity index (χ3v) is 5.16. The molecule has 0 spiro atoms. The van der Waals surface area contributed by atoms with E-state index in [4.69, 9.17) is 4.42 Å². The third kappa shape index (κ3) is 1.68. The zero-order valence-electron chi connectivity index (χ0n) is 12.9. The van der Waals surface area contributed by atoms with Crippen LogP contribution in [0.5, 0.6) is 0 Å². The van der Waals surface area contributed by atoms with E-state index in [2.05, 4.69) is 11.4 Å². The number of benzene rings is 1. The Kier molecular flexibility index (Phi) is 2.71. The fourth-order valence-electron chi connectivity index (χ4n) is 4.14. The Morgan fingerprint density at radius 3 is 2.62 bits per heavy atom. The summed E-state index contributed by atoms with van der Waals surface area (Å²) in [5, 5.41) is 3.38. The van der Waals surface area contributed by atoms with Crippen molar-refractivity contribution in [1.29, 1.82) is 0 Å². The van der Waals surface area contributed by atoms with Crippen molar-refractivity contribution in [2.45, 2.75) is 18.8 Å². The molecular weight excluding hydrogens is 302 g/mol. The Bertz CT molecular complexity index is 934. The summed E-state index contributed by atoms with van der Waals surface area (Å²) in [4.78, 5) is 25.7. The summed E-state index contributed by atoms with van der Waals surface area (Å²) in [6, 6.07) is 11.3. The first-order valence-electron chi connectivity index (χ1n) is 8.17. The molecule has 0 radical (unpaired) electrons. The number of nitrogens with one attached hydrogen (secondary N) is 1. The van der Waals surface area contributed by atoms with Crippen molar-refractivity contribution < 1.29 is 14.0 Å². The average Bonchev–Trinajstić information content (AvgIpc) is 3.22. The summed E-state index contributed by atoms with van der Waals surface area (Å²) in [6.07, 6.45) is 4.93. The van der Waals surface area contributed by atoms with Crippen LogP contribution in [0.1, 0.15) is 40.4 Å². The molecule has 118 valence electrons. The molecule has 3 aliphatic rings. The van der Waals surface area contributed by atoms with Gasteiger partial charge >= 0.3 is 0 Å². The van der Waals surface area contributed by atoms with Crippen molar-refractivity contribution >= 4 is 17.3 Å². The summed E-state index contributed by atoms with van der Waals surface area (Å²) in [7, 11) is 0. The highest BCUT2D eigenvalue weighted by atomic mass is 16.3. The summed E-state index contributed by atoms with van der Waals surface area (Å²) in [5.74, 6) is 0.122. The van der Waals surface area contributed by atoms with Crippen molar-refractivity contribution in [3.05, 3.63) is 76.9 Å². The van der Waals surface area contributed by atoms with Crippen LogP contribution in [0.3, 0.4) is 0 Å². The Morgan fingerprint density at radius 1 is 1.00 bits per heavy atom. The highest BCUT2D eigenvalue weighted by Gasteiger charge is 2.48. The van der Waals surface area contributed by atoms with Gasteiger partial charge in [0.05, 0.1) is 23.8 Å². The maximum Gasteiger partial charge on any atom is 0.192 e. The predicted octanol–water partition coefficient (Wildman–Crippen LogP) is 3.44. The molecule has 1 aromatic carbocycles. The summed E-state index contributed by atoms with van der Waals surface area (Å²) >= 11 is 0. The van der Waals surface area contributed by atoms with E-state index in [9.17, 15) is 9.59 Å². The van der Waals surface area contributed by atoms with Gasteiger partial charge in [0, 0.05) is 28.8 Å². The number of furan rings is 1. The summed E-state index contributed by atoms with van der Waals surface area (Å²) < 4.78 is 5.63. The zero-order valence-corrected chi connectivity index (χ0v) is 12.9. The van der Waals surface area contributed by atoms with Crippen LogP contribution >= 0.6 is 0 Å². The molecule has 0 saturated carbocycles. The molecule has 2 heterocycles. The van der Waals surface area contributed by atoms with E-state index in [1.165, 1.54) is 0 Å². The van der Waals surface area contributed by atoms with Gasteiger partial charge in [0.1, 0.15) is 11.5 Å². The number of carbonyl (C=O) groups excluding carboxylic acids is 2. The lowest BCUT2D eigenvalue weighted by Crippen LogP contribution is -2.38. The van der Waals surface area contributed by atoms with Crippen molar-refractivity contribution in [2.75, 3.05) is 0 Å². The number of allylic oxidation sites excluding steroid dienone is 3. The minimum atomic E-state index is -0.359. The molecule has 1 aromatic heterocycles. The van der Waals surface area contributed by atoms with Crippen LogP contribution in [-0.2, 0) is 4.79 Å². The van der Waals surface area contributed by atoms with Gasteiger partial charge in [0.2, 0.25) is 0 Å². The van der Waals surface area contributed by atoms with E-state index in [-0.39, 0.29) is 23.4 Å². The average molecular weight is 317 g/mol. The normalized spacial score (nSPS) is 24.9. The Balaban J connectivity index is 1.77. The topological polar surface area (TPSA) is 59.3 Å². The maximum absolute atomic E-state index is 13.0. The molecule has 2 unspecified atom stereocenters. The molecule has 5 rings (SSSR count). The molecule has 0 saturated heterocycles. The molecule has 24 heavy (non-hydrogen) atoms. The molecule has 2 aliphatic carbocycles. The number of carbonyl (C=O) groups is 2. The lowest BCUT2D eigenvalue weighted by Gasteiger charge is -2.35. The van der Waals surface area contributed by atoms with E-state index in [1.54, 1.807) is 12.3 Å². The zero-order chi connectivity index (χ0) is 16.3. The SMILES string of the molecule is O=C1C2=C(NC3=CCCC(=O)C3C2c2ccco2)c2ccccc21. The van der Waals surface area contributed by atoms with Gasteiger partial charge in [-0.2, -0.15) is 0 Å². The van der Waals surface area contributed by atoms with Crippen molar-refractivity contribution in [3.63, 3.8) is 0 Å². The number of Topliss-reactive ketones (excluding diaryl/α,β-unsaturated/α-hetero) is 2. The second-order valence-corrected chi connectivity index (χ2v) is 6.42. The van der Waals surface area contributed by atoms with E-state index < -0.39 is 0 Å². The molecule has 1 N–H and O–H groups in total. The number of hydrogen-bond acceptors (Lipinski definition) is 4. The Labute approximate surface area is 138 Å². The minimum absolute atomic E-state index is 0.00748. The maximum atomic E-state index is 13.0. The number of ketones is 2. The largest absolute Gasteiger partial charge is 0.469 e. The Morgan fingerprint density at radius 2 is 1.83 bits per heavy atom. The smallest absolute Gasteiger partial charge is 0.192 e. The van der Waals surface area contributed by atoms with Crippen LogP contribution in [0.4, 0.5) is 0 Å². The molecule has 4 nitrogen and oxygen atoms in total. The predicted molar refractivity (Wildman–Crippen MR) is 88.1 cm³/mol. The van der Waals surface area contributed by atoms with Gasteiger partial charge in [-0.3, -0.25) is 9.59 Å². The lowest BCUT2D eigenvalue weighted by atomic mass is 9.72. The lowest BCUT2D eigenvalue weighted by molar-refractivity contribution is -0.122. The fourth-order valence-corrected chi connectivity index (χ4v) is 4.14. The van der Waals surface area contributed by atoms with Gasteiger partial charge in [-0.1, -0.05) is 30.3 Å². The van der Waals surface area contributed by atoms with Crippen LogP contribution in [0.15, 0.2) is 64.4 Å². The molecule has 2 atom stereocenters. The van der Waals surface area contributed by atoms with Crippen molar-refractivity contribution in [2.24, 2.45) is 5.92 Å². The van der Waals surface area contributed by atoms with Crippen LogP contribution in [0, 0.1) is 5.92 Å². The van der Waals surface area contributed by atoms with Crippen molar-refractivity contribution in [1.82, 2.24) is 5.32 Å². The number of fused-ring (bicyclic) bond motifs is 3. The molecule has 4 heteroatoms. The monoisotopic (exact) mass is 317 g/mol. The van der Waals surface area contributed by atoms with E-state index >= 15 is 0 Å². The second kappa shape index (κ2) is 4.81. The molecular formula is C20H15NO3. The first-order valence-corrected chi connectivity index (χ1v) is 8.17. The van der Waals surface area contributed by atoms with E-state index in [0.717, 1.165) is 23.4 Å². The first-order chi connectivity index (χ1) is 11.8. The molecule has 2 aromatic rings. The number of hydrogen-bond donors (Lipinski definition) is 1. The van der Waals surface area contributed by atoms with Gasteiger partial charge in [-0.15, -0.1) is 0 Å². The van der Waals surface area contributed by atoms with Gasteiger partial charge in [0.25, 0.3) is 0 Å². The van der Waals surface area contributed by atoms with E-state index in [0.29, 0.717) is 23.3 Å². The van der Waals surface area contributed by atoms with Crippen LogP contribution in [0.2, 0.25) is 0 Å². The van der Waals surface area contributed by atoms with Crippen LogP contribution in [-0.4, -0.2) is 11.6 Å². The molecule has 1 aliphatic heterocycles. The van der Waals surface area contributed by atoms with Crippen molar-refractivity contribution in [3.8, 4) is 0 Å². The van der Waals surface area contributed by atoms with Gasteiger partial charge in [-0.25, -0.2) is 0 Å². The molecule has 0 fully saturated rings. The fraction of sp³-hybridized carbons (Fsp3) is 0.200. The second-order valence-electron chi connectivity index (χ2n) is 6.42. The van der Waals surface area contributed by atoms with Gasteiger partial charge in [0.15, 0.2) is 5.78 Å². The first kappa shape index (κ1) is 13.5. The highest BCUT2D eigenvalue weighted by molar-refractivity contribution is 6.22. The standard InChI is InChI=1S/C20H15NO3/c22-14-8-3-7-13-16(14)17(15-9-4-10-24-15)18-19(21-13)11-5-1-2-6-12(11)20(18)23/h1-2,4-7,9-10,16-17,21H,3,8H2. The van der Waals surface area contributed by atoms with Gasteiger partial charge < -0.3 is 9.73 Å². The highest BCUT2D eigenvalue weighted by Crippen LogP contribution is 2.49. The van der Waals surface area contributed by atoms with Crippen LogP contribution in [0.25, 0.3) is 5.70 Å². The van der Waals surface area contributed by atoms with Gasteiger partial charge in [-0.05, 0) is 18.6 Å². The number of rotatable bonds is 1.